The molecule has 4 rings (SSSR count). The Kier molecular flexibility index (Phi) is 3.32. The summed E-state index contributed by atoms with van der Waals surface area (Å²) in [5.41, 5.74) is 4.66. The van der Waals surface area contributed by atoms with Crippen LogP contribution in [0.1, 0.15) is 10.5 Å². The van der Waals surface area contributed by atoms with Crippen LogP contribution >= 0.6 is 11.3 Å². The minimum Gasteiger partial charge on any atom is -0.320 e. The van der Waals surface area contributed by atoms with Crippen LogP contribution in [-0.4, -0.2) is 26.1 Å². The van der Waals surface area contributed by atoms with Gasteiger partial charge in [0.25, 0.3) is 5.91 Å². The van der Waals surface area contributed by atoms with Crippen LogP contribution in [0.2, 0.25) is 0 Å². The highest BCUT2D eigenvalue weighted by Gasteiger charge is 2.15. The molecule has 1 amide bonds. The first kappa shape index (κ1) is 13.6. The number of carbonyl (C=O) groups is 1. The number of aromatic amines is 1. The minimum absolute atomic E-state index is 0.260. The Balaban J connectivity index is 1.72. The zero-order chi connectivity index (χ0) is 15.6. The van der Waals surface area contributed by atoms with Crippen molar-refractivity contribution in [2.24, 2.45) is 0 Å². The van der Waals surface area contributed by atoms with Gasteiger partial charge in [0.2, 0.25) is 0 Å². The van der Waals surface area contributed by atoms with E-state index in [0.29, 0.717) is 11.4 Å². The van der Waals surface area contributed by atoms with Crippen molar-refractivity contribution in [2.75, 3.05) is 5.32 Å². The molecule has 0 spiro atoms. The summed E-state index contributed by atoms with van der Waals surface area (Å²) in [6.45, 7) is 0. The van der Waals surface area contributed by atoms with E-state index in [0.717, 1.165) is 21.3 Å². The number of nitrogens with zero attached hydrogens (tertiary/aromatic N) is 3. The molecule has 0 saturated carbocycles. The zero-order valence-corrected chi connectivity index (χ0v) is 12.7. The van der Waals surface area contributed by atoms with Crippen molar-refractivity contribution in [1.29, 1.82) is 0 Å². The Morgan fingerprint density at radius 1 is 1.13 bits per heavy atom. The molecule has 0 unspecified atom stereocenters. The van der Waals surface area contributed by atoms with Crippen molar-refractivity contribution in [2.45, 2.75) is 0 Å². The highest BCUT2D eigenvalue weighted by molar-refractivity contribution is 7.13. The smallest absolute Gasteiger partial charge is 0.276 e. The second kappa shape index (κ2) is 5.62. The average molecular weight is 321 g/mol. The fourth-order valence-corrected chi connectivity index (χ4v) is 2.94. The fraction of sp³-hybridized carbons (Fsp3) is 0. The van der Waals surface area contributed by atoms with Gasteiger partial charge in [-0.05, 0) is 29.8 Å². The van der Waals surface area contributed by atoms with Crippen LogP contribution < -0.4 is 5.32 Å². The Bertz CT molecular complexity index is 963. The highest BCUT2D eigenvalue weighted by Crippen LogP contribution is 2.28. The summed E-state index contributed by atoms with van der Waals surface area (Å²) < 4.78 is 0. The maximum Gasteiger partial charge on any atom is 0.276 e. The van der Waals surface area contributed by atoms with Gasteiger partial charge in [-0.1, -0.05) is 6.07 Å². The van der Waals surface area contributed by atoms with Crippen molar-refractivity contribution in [1.82, 2.24) is 20.2 Å². The number of H-pyrrole nitrogens is 1. The monoisotopic (exact) mass is 321 g/mol. The van der Waals surface area contributed by atoms with E-state index in [1.54, 1.807) is 41.4 Å². The van der Waals surface area contributed by atoms with Gasteiger partial charge in [-0.25, -0.2) is 0 Å². The van der Waals surface area contributed by atoms with E-state index in [2.05, 4.69) is 25.5 Å². The summed E-state index contributed by atoms with van der Waals surface area (Å²) in [5.74, 6) is -0.260. The van der Waals surface area contributed by atoms with Crippen molar-refractivity contribution in [3.05, 3.63) is 60.1 Å². The lowest BCUT2D eigenvalue weighted by atomic mass is 10.1. The summed E-state index contributed by atoms with van der Waals surface area (Å²) in [4.78, 5) is 21.5. The third-order valence-electron chi connectivity index (χ3n) is 3.43. The van der Waals surface area contributed by atoms with Gasteiger partial charge >= 0.3 is 0 Å². The van der Waals surface area contributed by atoms with Gasteiger partial charge in [0.15, 0.2) is 5.69 Å². The van der Waals surface area contributed by atoms with Crippen molar-refractivity contribution in [3.63, 3.8) is 0 Å². The highest BCUT2D eigenvalue weighted by atomic mass is 32.1. The van der Waals surface area contributed by atoms with Crippen LogP contribution in [0.15, 0.2) is 54.4 Å². The van der Waals surface area contributed by atoms with Gasteiger partial charge in [0.1, 0.15) is 0 Å². The second-order valence-electron chi connectivity index (χ2n) is 4.89. The van der Waals surface area contributed by atoms with E-state index < -0.39 is 0 Å². The molecule has 23 heavy (non-hydrogen) atoms. The number of pyridine rings is 1. The van der Waals surface area contributed by atoms with Crippen molar-refractivity contribution < 1.29 is 4.79 Å². The predicted molar refractivity (Wildman–Crippen MR) is 89.4 cm³/mol. The molecular formula is C16H11N5OS. The molecule has 0 aliphatic carbocycles. The number of carbonyl (C=O) groups excluding carboxylic acids is 1. The van der Waals surface area contributed by atoms with E-state index >= 15 is 0 Å². The molecule has 3 heterocycles. The lowest BCUT2D eigenvalue weighted by Crippen LogP contribution is -2.12. The van der Waals surface area contributed by atoms with E-state index in [4.69, 9.17) is 0 Å². The molecule has 112 valence electrons. The number of aromatic nitrogens is 4. The number of rotatable bonds is 3. The van der Waals surface area contributed by atoms with Crippen LogP contribution in [0, 0.1) is 0 Å². The van der Waals surface area contributed by atoms with Crippen LogP contribution in [0.5, 0.6) is 0 Å². The Labute approximate surface area is 135 Å². The number of fused-ring (bicyclic) bond motifs is 1. The molecule has 2 N–H and O–H groups in total. The molecule has 3 aromatic heterocycles. The van der Waals surface area contributed by atoms with Crippen LogP contribution in [0.3, 0.4) is 0 Å². The Morgan fingerprint density at radius 3 is 2.78 bits per heavy atom. The summed E-state index contributed by atoms with van der Waals surface area (Å²) in [6, 6.07) is 9.32. The largest absolute Gasteiger partial charge is 0.320 e. The number of benzene rings is 1. The molecule has 0 radical (unpaired) electrons. The van der Waals surface area contributed by atoms with Crippen LogP contribution in [0.25, 0.3) is 21.3 Å². The molecule has 0 aliphatic rings. The van der Waals surface area contributed by atoms with Gasteiger partial charge in [-0.3, -0.25) is 19.9 Å². The summed E-state index contributed by atoms with van der Waals surface area (Å²) in [6.07, 6.45) is 5.06. The maximum absolute atomic E-state index is 12.5. The molecule has 0 fully saturated rings. The standard InChI is InChI=1S/C16H11N5OS/c22-16(19-11-3-5-17-6-4-11)15-12-7-10(14-8-18-9-23-14)1-2-13(12)20-21-15/h1-9H,(H,20,21)(H,17,19,22). The predicted octanol–water partition coefficient (Wildman–Crippen LogP) is 3.33. The first-order chi connectivity index (χ1) is 11.3. The number of anilines is 1. The Morgan fingerprint density at radius 2 is 2.00 bits per heavy atom. The molecule has 0 saturated heterocycles. The summed E-state index contributed by atoms with van der Waals surface area (Å²) >= 11 is 1.55. The molecule has 0 aliphatic heterocycles. The molecule has 6 nitrogen and oxygen atoms in total. The molecule has 7 heteroatoms. The average Bonchev–Trinajstić information content (AvgIpc) is 3.25. The first-order valence-electron chi connectivity index (χ1n) is 6.89. The van der Waals surface area contributed by atoms with E-state index in [9.17, 15) is 4.79 Å². The minimum atomic E-state index is -0.260. The number of hydrogen-bond donors (Lipinski definition) is 2. The quantitative estimate of drug-likeness (QED) is 0.606. The third kappa shape index (κ3) is 2.58. The summed E-state index contributed by atoms with van der Waals surface area (Å²) in [7, 11) is 0. The number of nitrogens with one attached hydrogen (secondary N) is 2. The molecule has 0 atom stereocenters. The van der Waals surface area contributed by atoms with Gasteiger partial charge in [-0.2, -0.15) is 5.10 Å². The number of thiazole rings is 1. The lowest BCUT2D eigenvalue weighted by Gasteiger charge is -2.03. The molecule has 4 aromatic rings. The lowest BCUT2D eigenvalue weighted by molar-refractivity contribution is 0.102. The van der Waals surface area contributed by atoms with E-state index in [1.165, 1.54) is 0 Å². The molecule has 0 bridgehead atoms. The normalized spacial score (nSPS) is 10.8. The maximum atomic E-state index is 12.5. The fourth-order valence-electron chi connectivity index (χ4n) is 2.32. The van der Waals surface area contributed by atoms with E-state index in [1.807, 2.05) is 24.4 Å². The van der Waals surface area contributed by atoms with Gasteiger partial charge in [-0.15, -0.1) is 11.3 Å². The Hall–Kier alpha value is -3.06. The van der Waals surface area contributed by atoms with Crippen molar-refractivity contribution in [3.8, 4) is 10.4 Å². The van der Waals surface area contributed by atoms with Crippen molar-refractivity contribution >= 4 is 33.8 Å². The summed E-state index contributed by atoms with van der Waals surface area (Å²) in [5, 5.41) is 10.6. The molecular weight excluding hydrogens is 310 g/mol. The third-order valence-corrected chi connectivity index (χ3v) is 4.26. The van der Waals surface area contributed by atoms with Gasteiger partial charge in [0.05, 0.1) is 15.9 Å². The topological polar surface area (TPSA) is 83.6 Å². The van der Waals surface area contributed by atoms with Crippen LogP contribution in [-0.2, 0) is 0 Å². The van der Waals surface area contributed by atoms with E-state index in [-0.39, 0.29) is 5.91 Å². The number of hydrogen-bond acceptors (Lipinski definition) is 5. The number of amides is 1. The first-order valence-corrected chi connectivity index (χ1v) is 7.77. The zero-order valence-electron chi connectivity index (χ0n) is 11.9. The van der Waals surface area contributed by atoms with Gasteiger partial charge in [0, 0.05) is 29.7 Å². The molecule has 1 aromatic carbocycles. The van der Waals surface area contributed by atoms with Crippen LogP contribution in [0.4, 0.5) is 5.69 Å². The van der Waals surface area contributed by atoms with Gasteiger partial charge < -0.3 is 5.32 Å². The SMILES string of the molecule is O=C(Nc1ccncc1)c1n[nH]c2ccc(-c3cncs3)cc12. The second-order valence-corrected chi connectivity index (χ2v) is 5.77.